The number of hydrogen-bond acceptors (Lipinski definition) is 3. The first kappa shape index (κ1) is 14.6. The van der Waals surface area contributed by atoms with Crippen LogP contribution in [0.3, 0.4) is 0 Å². The zero-order valence-corrected chi connectivity index (χ0v) is 11.7. The molecule has 0 bridgehead atoms. The summed E-state index contributed by atoms with van der Waals surface area (Å²) in [5.41, 5.74) is 8.55. The van der Waals surface area contributed by atoms with Gasteiger partial charge < -0.3 is 16.4 Å². The molecule has 5 nitrogen and oxygen atoms in total. The summed E-state index contributed by atoms with van der Waals surface area (Å²) in [4.78, 5) is 22.8. The van der Waals surface area contributed by atoms with Gasteiger partial charge in [-0.15, -0.1) is 0 Å². The van der Waals surface area contributed by atoms with Crippen LogP contribution in [0.25, 0.3) is 0 Å². The van der Waals surface area contributed by atoms with Crippen molar-refractivity contribution >= 4 is 28.9 Å². The second-order valence-electron chi connectivity index (χ2n) is 4.73. The van der Waals surface area contributed by atoms with Gasteiger partial charge in [-0.3, -0.25) is 9.59 Å². The lowest BCUT2D eigenvalue weighted by Gasteiger charge is -2.07. The molecule has 0 aromatic heterocycles. The Kier molecular flexibility index (Phi) is 4.56. The van der Waals surface area contributed by atoms with E-state index < -0.39 is 0 Å². The quantitative estimate of drug-likeness (QED) is 0.753. The van der Waals surface area contributed by atoms with Crippen LogP contribution in [0.1, 0.15) is 12.5 Å². The fourth-order valence-corrected chi connectivity index (χ4v) is 1.93. The van der Waals surface area contributed by atoms with Crippen molar-refractivity contribution in [3.8, 4) is 0 Å². The molecule has 0 fully saturated rings. The minimum atomic E-state index is -0.131. The zero-order valence-electron chi connectivity index (χ0n) is 11.7. The van der Waals surface area contributed by atoms with Crippen LogP contribution in [-0.2, 0) is 16.0 Å². The lowest BCUT2D eigenvalue weighted by Crippen LogP contribution is -2.14. The molecule has 4 N–H and O–H groups in total. The van der Waals surface area contributed by atoms with E-state index in [0.29, 0.717) is 17.1 Å². The van der Waals surface area contributed by atoms with Gasteiger partial charge in [-0.1, -0.05) is 12.1 Å². The maximum absolute atomic E-state index is 11.9. The molecule has 21 heavy (non-hydrogen) atoms. The molecule has 0 radical (unpaired) electrons. The van der Waals surface area contributed by atoms with Gasteiger partial charge in [-0.05, 0) is 42.0 Å². The fourth-order valence-electron chi connectivity index (χ4n) is 1.93. The number of benzene rings is 2. The highest BCUT2D eigenvalue weighted by Crippen LogP contribution is 2.14. The molecule has 0 aliphatic heterocycles. The Morgan fingerprint density at radius 1 is 1.00 bits per heavy atom. The summed E-state index contributed by atoms with van der Waals surface area (Å²) in [6.07, 6.45) is 0.262. The van der Waals surface area contributed by atoms with E-state index in [9.17, 15) is 9.59 Å². The first-order valence-electron chi connectivity index (χ1n) is 6.55. The van der Waals surface area contributed by atoms with Crippen molar-refractivity contribution in [2.24, 2.45) is 0 Å². The molecule has 0 aliphatic carbocycles. The average molecular weight is 283 g/mol. The van der Waals surface area contributed by atoms with Gasteiger partial charge in [0.2, 0.25) is 11.8 Å². The number of nitrogen functional groups attached to an aromatic ring is 1. The molecule has 0 atom stereocenters. The number of carbonyl (C=O) groups is 2. The number of anilines is 3. The van der Waals surface area contributed by atoms with Gasteiger partial charge in [0.25, 0.3) is 0 Å². The van der Waals surface area contributed by atoms with Gasteiger partial charge in [-0.2, -0.15) is 0 Å². The molecule has 0 unspecified atom stereocenters. The van der Waals surface area contributed by atoms with Crippen LogP contribution in [0.2, 0.25) is 0 Å². The molecule has 0 heterocycles. The van der Waals surface area contributed by atoms with Gasteiger partial charge >= 0.3 is 0 Å². The van der Waals surface area contributed by atoms with Crippen LogP contribution in [0.4, 0.5) is 17.1 Å². The highest BCUT2D eigenvalue weighted by atomic mass is 16.2. The SMILES string of the molecule is CC(=O)Nc1ccc(NC(=O)Cc2cccc(N)c2)cc1. The summed E-state index contributed by atoms with van der Waals surface area (Å²) in [7, 11) is 0. The molecule has 0 saturated carbocycles. The van der Waals surface area contributed by atoms with Crippen LogP contribution in [0.5, 0.6) is 0 Å². The van der Waals surface area contributed by atoms with Crippen molar-refractivity contribution in [3.05, 3.63) is 54.1 Å². The summed E-state index contributed by atoms with van der Waals surface area (Å²) in [6, 6.07) is 14.2. The van der Waals surface area contributed by atoms with Crippen molar-refractivity contribution in [1.82, 2.24) is 0 Å². The summed E-state index contributed by atoms with van der Waals surface area (Å²) < 4.78 is 0. The molecule has 108 valence electrons. The Morgan fingerprint density at radius 2 is 1.62 bits per heavy atom. The summed E-state index contributed by atoms with van der Waals surface area (Å²) in [5, 5.41) is 5.46. The third kappa shape index (κ3) is 4.65. The van der Waals surface area contributed by atoms with E-state index in [1.54, 1.807) is 36.4 Å². The summed E-state index contributed by atoms with van der Waals surface area (Å²) in [6.45, 7) is 1.45. The largest absolute Gasteiger partial charge is 0.399 e. The van der Waals surface area contributed by atoms with Gasteiger partial charge in [0.05, 0.1) is 6.42 Å². The second kappa shape index (κ2) is 6.56. The number of amides is 2. The predicted octanol–water partition coefficient (Wildman–Crippen LogP) is 2.41. The van der Waals surface area contributed by atoms with E-state index in [4.69, 9.17) is 5.73 Å². The Morgan fingerprint density at radius 3 is 2.19 bits per heavy atom. The Balaban J connectivity index is 1.95. The number of nitrogens with two attached hydrogens (primary N) is 1. The minimum Gasteiger partial charge on any atom is -0.399 e. The molecule has 0 spiro atoms. The fraction of sp³-hybridized carbons (Fsp3) is 0.125. The first-order valence-corrected chi connectivity index (χ1v) is 6.55. The Hall–Kier alpha value is -2.82. The monoisotopic (exact) mass is 283 g/mol. The molecule has 0 aliphatic rings. The number of carbonyl (C=O) groups excluding carboxylic acids is 2. The lowest BCUT2D eigenvalue weighted by atomic mass is 10.1. The molecule has 2 amide bonds. The Bertz CT molecular complexity index is 651. The summed E-state index contributed by atoms with van der Waals surface area (Å²) in [5.74, 6) is -0.249. The van der Waals surface area contributed by atoms with Crippen molar-refractivity contribution in [2.45, 2.75) is 13.3 Å². The normalized spacial score (nSPS) is 9.95. The van der Waals surface area contributed by atoms with Crippen LogP contribution in [-0.4, -0.2) is 11.8 Å². The number of rotatable bonds is 4. The van der Waals surface area contributed by atoms with Crippen LogP contribution >= 0.6 is 0 Å². The van der Waals surface area contributed by atoms with Gasteiger partial charge in [0.15, 0.2) is 0 Å². The molecule has 2 aromatic carbocycles. The van der Waals surface area contributed by atoms with E-state index in [0.717, 1.165) is 5.56 Å². The second-order valence-corrected chi connectivity index (χ2v) is 4.73. The van der Waals surface area contributed by atoms with E-state index in [-0.39, 0.29) is 18.2 Å². The maximum Gasteiger partial charge on any atom is 0.228 e. The predicted molar refractivity (Wildman–Crippen MR) is 83.9 cm³/mol. The minimum absolute atomic E-state index is 0.118. The summed E-state index contributed by atoms with van der Waals surface area (Å²) >= 11 is 0. The third-order valence-electron chi connectivity index (χ3n) is 2.80. The first-order chi connectivity index (χ1) is 10.0. The smallest absolute Gasteiger partial charge is 0.228 e. The molecule has 2 rings (SSSR count). The third-order valence-corrected chi connectivity index (χ3v) is 2.80. The molecule has 5 heteroatoms. The van der Waals surface area contributed by atoms with Crippen molar-refractivity contribution in [2.75, 3.05) is 16.4 Å². The zero-order chi connectivity index (χ0) is 15.2. The van der Waals surface area contributed by atoms with Crippen LogP contribution in [0, 0.1) is 0 Å². The maximum atomic E-state index is 11.9. The van der Waals surface area contributed by atoms with Crippen LogP contribution < -0.4 is 16.4 Å². The van der Waals surface area contributed by atoms with E-state index in [2.05, 4.69) is 10.6 Å². The average Bonchev–Trinajstić information content (AvgIpc) is 2.40. The molecular weight excluding hydrogens is 266 g/mol. The lowest BCUT2D eigenvalue weighted by molar-refractivity contribution is -0.116. The van der Waals surface area contributed by atoms with Gasteiger partial charge in [-0.25, -0.2) is 0 Å². The molecule has 0 saturated heterocycles. The number of hydrogen-bond donors (Lipinski definition) is 3. The molecule has 2 aromatic rings. The topological polar surface area (TPSA) is 84.2 Å². The van der Waals surface area contributed by atoms with Crippen molar-refractivity contribution < 1.29 is 9.59 Å². The highest BCUT2D eigenvalue weighted by molar-refractivity contribution is 5.93. The Labute approximate surface area is 123 Å². The number of nitrogens with one attached hydrogen (secondary N) is 2. The van der Waals surface area contributed by atoms with Crippen molar-refractivity contribution in [1.29, 1.82) is 0 Å². The molecular formula is C16H17N3O2. The van der Waals surface area contributed by atoms with Gasteiger partial charge in [0, 0.05) is 24.0 Å². The van der Waals surface area contributed by atoms with Gasteiger partial charge in [0.1, 0.15) is 0 Å². The van der Waals surface area contributed by atoms with Crippen LogP contribution in [0.15, 0.2) is 48.5 Å². The van der Waals surface area contributed by atoms with Crippen molar-refractivity contribution in [3.63, 3.8) is 0 Å². The highest BCUT2D eigenvalue weighted by Gasteiger charge is 2.05. The van der Waals surface area contributed by atoms with E-state index in [1.165, 1.54) is 6.92 Å². The van der Waals surface area contributed by atoms with E-state index >= 15 is 0 Å². The van der Waals surface area contributed by atoms with E-state index in [1.807, 2.05) is 12.1 Å². The standard InChI is InChI=1S/C16H17N3O2/c1-11(20)18-14-5-7-15(8-6-14)19-16(21)10-12-3-2-4-13(17)9-12/h2-9H,10,17H2,1H3,(H,18,20)(H,19,21).